The van der Waals surface area contributed by atoms with Gasteiger partial charge in [-0.3, -0.25) is 9.69 Å². The van der Waals surface area contributed by atoms with Gasteiger partial charge in [0.2, 0.25) is 5.91 Å². The van der Waals surface area contributed by atoms with E-state index in [1.807, 2.05) is 19.2 Å². The fourth-order valence-electron chi connectivity index (χ4n) is 4.27. The molecule has 0 bridgehead atoms. The van der Waals surface area contributed by atoms with Gasteiger partial charge in [0.1, 0.15) is 5.82 Å². The molecule has 0 spiro atoms. The Labute approximate surface area is 178 Å². The van der Waals surface area contributed by atoms with Crippen LogP contribution in [0.15, 0.2) is 53.7 Å². The van der Waals surface area contributed by atoms with Crippen molar-refractivity contribution in [2.24, 2.45) is 16.6 Å². The van der Waals surface area contributed by atoms with Gasteiger partial charge in [-0.15, -0.1) is 0 Å². The zero-order valence-electron chi connectivity index (χ0n) is 18.1. The maximum Gasteiger partial charge on any atom is 0.232 e. The second kappa shape index (κ2) is 8.09. The minimum absolute atomic E-state index is 0.0300. The summed E-state index contributed by atoms with van der Waals surface area (Å²) in [6.07, 6.45) is 3.32. The molecule has 0 aliphatic carbocycles. The summed E-state index contributed by atoms with van der Waals surface area (Å²) in [5.74, 6) is 2.07. The normalized spacial score (nSPS) is 24.5. The average molecular weight is 406 g/mol. The van der Waals surface area contributed by atoms with Gasteiger partial charge >= 0.3 is 0 Å². The van der Waals surface area contributed by atoms with Crippen molar-refractivity contribution in [3.05, 3.63) is 59.8 Å². The lowest BCUT2D eigenvalue weighted by atomic mass is 9.84. The third-order valence-corrected chi connectivity index (χ3v) is 6.63. The summed E-state index contributed by atoms with van der Waals surface area (Å²) >= 11 is 0. The number of rotatable bonds is 5. The van der Waals surface area contributed by atoms with Crippen molar-refractivity contribution in [2.45, 2.75) is 51.6 Å². The first kappa shape index (κ1) is 20.4. The van der Waals surface area contributed by atoms with E-state index < -0.39 is 5.54 Å². The second-order valence-electron chi connectivity index (χ2n) is 9.00. The lowest BCUT2D eigenvalue weighted by Crippen LogP contribution is -2.51. The summed E-state index contributed by atoms with van der Waals surface area (Å²) in [5.41, 5.74) is 8.17. The summed E-state index contributed by atoms with van der Waals surface area (Å²) < 4.78 is 0. The molecule has 2 unspecified atom stereocenters. The van der Waals surface area contributed by atoms with Crippen molar-refractivity contribution in [2.75, 3.05) is 18.0 Å². The number of hydrogen-bond donors (Lipinski definition) is 1. The molecule has 0 radical (unpaired) electrons. The lowest BCUT2D eigenvalue weighted by molar-refractivity contribution is -0.130. The zero-order chi connectivity index (χ0) is 21.3. The van der Waals surface area contributed by atoms with E-state index >= 15 is 0 Å². The van der Waals surface area contributed by atoms with Crippen LogP contribution >= 0.6 is 0 Å². The molecule has 6 nitrogen and oxygen atoms in total. The number of amides is 1. The zero-order valence-corrected chi connectivity index (χ0v) is 18.1. The Bertz CT molecular complexity index is 942. The molecule has 1 fully saturated rings. The number of carbonyl (C=O) groups is 1. The number of aliphatic imine (C=N–C) groups is 1. The first-order valence-electron chi connectivity index (χ1n) is 10.8. The van der Waals surface area contributed by atoms with Gasteiger partial charge in [-0.25, -0.2) is 9.98 Å². The van der Waals surface area contributed by atoms with Crippen LogP contribution in [-0.4, -0.2) is 40.4 Å². The number of anilines is 1. The lowest BCUT2D eigenvalue weighted by Gasteiger charge is -2.37. The van der Waals surface area contributed by atoms with Crippen molar-refractivity contribution < 1.29 is 4.79 Å². The fraction of sp³-hybridized carbons (Fsp3) is 0.458. The van der Waals surface area contributed by atoms with E-state index in [4.69, 9.17) is 5.73 Å². The maximum absolute atomic E-state index is 12.8. The largest absolute Gasteiger partial charge is 0.369 e. The number of benzene rings is 1. The summed E-state index contributed by atoms with van der Waals surface area (Å²) in [6, 6.07) is 14.7. The minimum atomic E-state index is -0.428. The molecule has 2 aromatic rings. The van der Waals surface area contributed by atoms with E-state index in [2.05, 4.69) is 65.1 Å². The molecule has 0 saturated carbocycles. The highest BCUT2D eigenvalue weighted by Crippen LogP contribution is 2.32. The molecule has 30 heavy (non-hydrogen) atoms. The third-order valence-electron chi connectivity index (χ3n) is 6.63. The van der Waals surface area contributed by atoms with Crippen LogP contribution in [0.1, 0.15) is 50.7 Å². The molecule has 158 valence electrons. The minimum Gasteiger partial charge on any atom is -0.369 e. The summed E-state index contributed by atoms with van der Waals surface area (Å²) in [5, 5.41) is 0. The van der Waals surface area contributed by atoms with Crippen molar-refractivity contribution >= 4 is 17.7 Å². The molecule has 2 atom stereocenters. The summed E-state index contributed by atoms with van der Waals surface area (Å²) in [4.78, 5) is 26.0. The molecule has 4 rings (SSSR count). The smallest absolute Gasteiger partial charge is 0.232 e. The molecule has 1 saturated heterocycles. The molecular weight excluding hydrogens is 374 g/mol. The Morgan fingerprint density at radius 1 is 1.23 bits per heavy atom. The predicted molar refractivity (Wildman–Crippen MR) is 120 cm³/mol. The Morgan fingerprint density at radius 2 is 2.00 bits per heavy atom. The number of hydrogen-bond acceptors (Lipinski definition) is 5. The van der Waals surface area contributed by atoms with Crippen LogP contribution in [0.5, 0.6) is 0 Å². The van der Waals surface area contributed by atoms with E-state index in [9.17, 15) is 4.79 Å². The van der Waals surface area contributed by atoms with Crippen LogP contribution in [-0.2, 0) is 11.3 Å². The highest BCUT2D eigenvalue weighted by molar-refractivity contribution is 5.99. The molecule has 2 aliphatic heterocycles. The molecule has 2 N–H and O–H groups in total. The molecule has 1 amide bonds. The highest BCUT2D eigenvalue weighted by Gasteiger charge is 2.38. The highest BCUT2D eigenvalue weighted by atomic mass is 16.2. The van der Waals surface area contributed by atoms with Gasteiger partial charge in [0.15, 0.2) is 5.96 Å². The molecule has 3 heterocycles. The van der Waals surface area contributed by atoms with Crippen molar-refractivity contribution in [3.63, 3.8) is 0 Å². The van der Waals surface area contributed by atoms with Gasteiger partial charge in [-0.1, -0.05) is 44.2 Å². The van der Waals surface area contributed by atoms with E-state index in [0.717, 1.165) is 30.9 Å². The van der Waals surface area contributed by atoms with E-state index in [0.29, 0.717) is 24.8 Å². The van der Waals surface area contributed by atoms with Gasteiger partial charge in [0.25, 0.3) is 0 Å². The maximum atomic E-state index is 12.8. The molecule has 1 aromatic carbocycles. The molecular formula is C24H31N5O. The number of nitrogens with zero attached hydrogens (tertiary/aromatic N) is 4. The monoisotopic (exact) mass is 405 g/mol. The van der Waals surface area contributed by atoms with E-state index in [-0.39, 0.29) is 11.8 Å². The van der Waals surface area contributed by atoms with Crippen LogP contribution in [0.4, 0.5) is 5.82 Å². The Hall–Kier alpha value is -2.89. The quantitative estimate of drug-likeness (QED) is 0.826. The van der Waals surface area contributed by atoms with Crippen LogP contribution in [0.3, 0.4) is 0 Å². The van der Waals surface area contributed by atoms with Gasteiger partial charge in [0.05, 0.1) is 18.5 Å². The van der Waals surface area contributed by atoms with Gasteiger partial charge in [-0.05, 0) is 42.5 Å². The SMILES string of the molecule is CC(C)C1(C)CC(=O)N(Cc2ccnc(N3CCC(c4ccccc4)C3)c2)C(N)=N1. The number of carbonyl (C=O) groups excluding carboxylic acids is 1. The first-order valence-corrected chi connectivity index (χ1v) is 10.8. The van der Waals surface area contributed by atoms with Crippen LogP contribution in [0.25, 0.3) is 0 Å². The van der Waals surface area contributed by atoms with E-state index in [1.165, 1.54) is 5.56 Å². The average Bonchev–Trinajstić information content (AvgIpc) is 3.22. The Kier molecular flexibility index (Phi) is 5.50. The van der Waals surface area contributed by atoms with E-state index in [1.54, 1.807) is 4.90 Å². The second-order valence-corrected chi connectivity index (χ2v) is 9.00. The number of aromatic nitrogens is 1. The topological polar surface area (TPSA) is 74.8 Å². The molecule has 1 aromatic heterocycles. The molecule has 6 heteroatoms. The fourth-order valence-corrected chi connectivity index (χ4v) is 4.27. The van der Waals surface area contributed by atoms with Gasteiger partial charge in [0, 0.05) is 25.2 Å². The summed E-state index contributed by atoms with van der Waals surface area (Å²) in [6.45, 7) is 8.52. The number of nitrogens with two attached hydrogens (primary N) is 1. The van der Waals surface area contributed by atoms with Crippen LogP contribution in [0.2, 0.25) is 0 Å². The van der Waals surface area contributed by atoms with Crippen LogP contribution in [0, 0.1) is 5.92 Å². The van der Waals surface area contributed by atoms with Gasteiger partial charge < -0.3 is 10.6 Å². The Morgan fingerprint density at radius 3 is 2.70 bits per heavy atom. The summed E-state index contributed by atoms with van der Waals surface area (Å²) in [7, 11) is 0. The van der Waals surface area contributed by atoms with Gasteiger partial charge in [-0.2, -0.15) is 0 Å². The Balaban J connectivity index is 1.48. The van der Waals surface area contributed by atoms with Crippen molar-refractivity contribution in [1.29, 1.82) is 0 Å². The standard InChI is InChI=1S/C24H31N5O/c1-17(2)24(3)14-22(30)29(23(25)27-24)15-18-9-11-26-21(13-18)28-12-10-20(16-28)19-7-5-4-6-8-19/h4-9,11,13,17,20H,10,12,14-16H2,1-3H3,(H2,25,27). The van der Waals surface area contributed by atoms with Crippen LogP contribution < -0.4 is 10.6 Å². The van der Waals surface area contributed by atoms with Crippen molar-refractivity contribution in [1.82, 2.24) is 9.88 Å². The number of guanidine groups is 1. The third kappa shape index (κ3) is 4.04. The molecule has 2 aliphatic rings. The predicted octanol–water partition coefficient (Wildman–Crippen LogP) is 3.54. The first-order chi connectivity index (χ1) is 14.4. The van der Waals surface area contributed by atoms with Crippen molar-refractivity contribution in [3.8, 4) is 0 Å². The number of pyridine rings is 1.